The van der Waals surface area contributed by atoms with Gasteiger partial charge in [0, 0.05) is 19.0 Å². The second-order valence-corrected chi connectivity index (χ2v) is 5.81. The maximum Gasteiger partial charge on any atom is 0.175 e. The lowest BCUT2D eigenvalue weighted by Crippen LogP contribution is -1.98. The summed E-state index contributed by atoms with van der Waals surface area (Å²) in [7, 11) is -3.10. The van der Waals surface area contributed by atoms with Crippen molar-refractivity contribution < 1.29 is 8.42 Å². The number of hydrogen-bond acceptors (Lipinski definition) is 3. The first-order valence-corrected chi connectivity index (χ1v) is 6.96. The lowest BCUT2D eigenvalue weighted by molar-refractivity contribution is 0.602. The van der Waals surface area contributed by atoms with Crippen LogP contribution in [-0.2, 0) is 9.84 Å². The molecule has 4 heteroatoms. The molecule has 2 rings (SSSR count). The minimum atomic E-state index is -3.10. The molecule has 0 amide bonds. The number of dihydropyridines is 1. The van der Waals surface area contributed by atoms with E-state index in [9.17, 15) is 8.42 Å². The van der Waals surface area contributed by atoms with Gasteiger partial charge in [0.1, 0.15) is 0 Å². The maximum absolute atomic E-state index is 11.3. The molecule has 3 nitrogen and oxygen atoms in total. The smallest absolute Gasteiger partial charge is 0.175 e. The molecule has 84 valence electrons. The SMILES string of the molecule is CS(=O)(=O)c1ccc(C2=CC=NCC2)cc1. The van der Waals surface area contributed by atoms with E-state index in [4.69, 9.17) is 0 Å². The number of aliphatic imine (C=N–C) groups is 1. The van der Waals surface area contributed by atoms with Crippen molar-refractivity contribution in [2.24, 2.45) is 4.99 Å². The molecule has 0 aromatic heterocycles. The lowest BCUT2D eigenvalue weighted by atomic mass is 10.0. The highest BCUT2D eigenvalue weighted by atomic mass is 32.2. The molecule has 1 aromatic carbocycles. The van der Waals surface area contributed by atoms with E-state index in [0.29, 0.717) is 4.90 Å². The van der Waals surface area contributed by atoms with Gasteiger partial charge in [0.2, 0.25) is 0 Å². The van der Waals surface area contributed by atoms with Crippen LogP contribution < -0.4 is 0 Å². The lowest BCUT2D eigenvalue weighted by Gasteiger charge is -2.09. The highest BCUT2D eigenvalue weighted by molar-refractivity contribution is 7.90. The number of sulfone groups is 1. The van der Waals surface area contributed by atoms with Crippen molar-refractivity contribution in [1.82, 2.24) is 0 Å². The first-order chi connectivity index (χ1) is 7.57. The molecule has 1 aliphatic heterocycles. The van der Waals surface area contributed by atoms with Gasteiger partial charge in [0.15, 0.2) is 9.84 Å². The average molecular weight is 235 g/mol. The van der Waals surface area contributed by atoms with Crippen LogP contribution in [0.5, 0.6) is 0 Å². The van der Waals surface area contributed by atoms with Crippen LogP contribution in [0.15, 0.2) is 40.2 Å². The van der Waals surface area contributed by atoms with Crippen LogP contribution in [0.4, 0.5) is 0 Å². The Kier molecular flexibility index (Phi) is 2.92. The van der Waals surface area contributed by atoms with Crippen LogP contribution in [0, 0.1) is 0 Å². The van der Waals surface area contributed by atoms with Gasteiger partial charge in [-0.05, 0) is 35.8 Å². The quantitative estimate of drug-likeness (QED) is 0.786. The van der Waals surface area contributed by atoms with E-state index in [0.717, 1.165) is 18.5 Å². The fraction of sp³-hybridized carbons (Fsp3) is 0.250. The van der Waals surface area contributed by atoms with Crippen LogP contribution in [-0.4, -0.2) is 27.4 Å². The molecule has 1 heterocycles. The molecule has 0 spiro atoms. The molecule has 1 aromatic rings. The van der Waals surface area contributed by atoms with Crippen molar-refractivity contribution >= 4 is 21.6 Å². The molecule has 0 atom stereocenters. The molecule has 0 bridgehead atoms. The molecule has 16 heavy (non-hydrogen) atoms. The van der Waals surface area contributed by atoms with Crippen molar-refractivity contribution in [2.45, 2.75) is 11.3 Å². The van der Waals surface area contributed by atoms with Crippen molar-refractivity contribution in [3.05, 3.63) is 35.9 Å². The van der Waals surface area contributed by atoms with E-state index in [1.807, 2.05) is 18.2 Å². The molecule has 0 saturated heterocycles. The molecule has 0 unspecified atom stereocenters. The minimum absolute atomic E-state index is 0.362. The van der Waals surface area contributed by atoms with Gasteiger partial charge in [0.25, 0.3) is 0 Å². The van der Waals surface area contributed by atoms with Gasteiger partial charge in [-0.3, -0.25) is 4.99 Å². The molecule has 0 N–H and O–H groups in total. The Morgan fingerprint density at radius 3 is 2.38 bits per heavy atom. The average Bonchev–Trinajstić information content (AvgIpc) is 2.29. The summed E-state index contributed by atoms with van der Waals surface area (Å²) >= 11 is 0. The summed E-state index contributed by atoms with van der Waals surface area (Å²) in [6.07, 6.45) is 5.89. The van der Waals surface area contributed by atoms with Crippen LogP contribution in [0.3, 0.4) is 0 Å². The predicted molar refractivity (Wildman–Crippen MR) is 65.5 cm³/mol. The van der Waals surface area contributed by atoms with E-state index in [-0.39, 0.29) is 0 Å². The van der Waals surface area contributed by atoms with E-state index in [1.165, 1.54) is 11.8 Å². The highest BCUT2D eigenvalue weighted by Crippen LogP contribution is 2.21. The van der Waals surface area contributed by atoms with Crippen LogP contribution in [0.2, 0.25) is 0 Å². The summed E-state index contributed by atoms with van der Waals surface area (Å²) in [5, 5.41) is 0. The van der Waals surface area contributed by atoms with E-state index < -0.39 is 9.84 Å². The number of rotatable bonds is 2. The Balaban J connectivity index is 2.33. The van der Waals surface area contributed by atoms with Gasteiger partial charge in [-0.2, -0.15) is 0 Å². The summed E-state index contributed by atoms with van der Waals surface area (Å²) < 4.78 is 22.6. The van der Waals surface area contributed by atoms with Crippen molar-refractivity contribution in [2.75, 3.05) is 12.8 Å². The molecule has 0 radical (unpaired) electrons. The number of nitrogens with zero attached hydrogens (tertiary/aromatic N) is 1. The largest absolute Gasteiger partial charge is 0.293 e. The van der Waals surface area contributed by atoms with Crippen molar-refractivity contribution in [1.29, 1.82) is 0 Å². The molecule has 0 saturated carbocycles. The Morgan fingerprint density at radius 1 is 1.19 bits per heavy atom. The van der Waals surface area contributed by atoms with Gasteiger partial charge in [-0.15, -0.1) is 0 Å². The third-order valence-electron chi connectivity index (χ3n) is 2.54. The monoisotopic (exact) mass is 235 g/mol. The fourth-order valence-electron chi connectivity index (χ4n) is 1.64. The number of allylic oxidation sites excluding steroid dienone is 1. The molecule has 0 aliphatic carbocycles. The topological polar surface area (TPSA) is 46.5 Å². The van der Waals surface area contributed by atoms with Crippen molar-refractivity contribution in [3.63, 3.8) is 0 Å². The number of benzene rings is 1. The Labute approximate surface area is 95.4 Å². The third kappa shape index (κ3) is 2.39. The Bertz CT molecular complexity index is 539. The minimum Gasteiger partial charge on any atom is -0.293 e. The maximum atomic E-state index is 11.3. The van der Waals surface area contributed by atoms with E-state index in [2.05, 4.69) is 4.99 Å². The van der Waals surface area contributed by atoms with E-state index >= 15 is 0 Å². The normalized spacial score (nSPS) is 15.9. The predicted octanol–water partition coefficient (Wildman–Crippen LogP) is 1.95. The van der Waals surface area contributed by atoms with Crippen LogP contribution >= 0.6 is 0 Å². The molecular formula is C12H13NO2S. The standard InChI is InChI=1S/C12H13NO2S/c1-16(14,15)12-4-2-10(3-5-12)11-6-8-13-9-7-11/h2-6,8H,7,9H2,1H3. The van der Waals surface area contributed by atoms with Crippen LogP contribution in [0.25, 0.3) is 5.57 Å². The van der Waals surface area contributed by atoms with Gasteiger partial charge in [0.05, 0.1) is 4.90 Å². The van der Waals surface area contributed by atoms with Gasteiger partial charge in [-0.1, -0.05) is 12.1 Å². The fourth-order valence-corrected chi connectivity index (χ4v) is 2.27. The van der Waals surface area contributed by atoms with Crippen molar-refractivity contribution in [3.8, 4) is 0 Å². The zero-order valence-electron chi connectivity index (χ0n) is 9.05. The summed E-state index contributed by atoms with van der Waals surface area (Å²) in [6, 6.07) is 7.00. The Morgan fingerprint density at radius 2 is 1.88 bits per heavy atom. The van der Waals surface area contributed by atoms with Gasteiger partial charge < -0.3 is 0 Å². The summed E-state index contributed by atoms with van der Waals surface area (Å²) in [5.74, 6) is 0. The first kappa shape index (κ1) is 11.1. The molecule has 1 aliphatic rings. The second kappa shape index (κ2) is 4.22. The van der Waals surface area contributed by atoms with Gasteiger partial charge in [-0.25, -0.2) is 8.42 Å². The molecular weight excluding hydrogens is 222 g/mol. The highest BCUT2D eigenvalue weighted by Gasteiger charge is 2.08. The molecule has 0 fully saturated rings. The summed E-state index contributed by atoms with van der Waals surface area (Å²) in [5.41, 5.74) is 2.27. The summed E-state index contributed by atoms with van der Waals surface area (Å²) in [4.78, 5) is 4.47. The summed E-state index contributed by atoms with van der Waals surface area (Å²) in [6.45, 7) is 0.805. The zero-order chi connectivity index (χ0) is 11.6. The first-order valence-electron chi connectivity index (χ1n) is 5.07. The van der Waals surface area contributed by atoms with Crippen LogP contribution in [0.1, 0.15) is 12.0 Å². The third-order valence-corrected chi connectivity index (χ3v) is 3.67. The van der Waals surface area contributed by atoms with E-state index in [1.54, 1.807) is 18.3 Å². The zero-order valence-corrected chi connectivity index (χ0v) is 9.87. The number of hydrogen-bond donors (Lipinski definition) is 0. The second-order valence-electron chi connectivity index (χ2n) is 3.79. The Hall–Kier alpha value is -1.42. The van der Waals surface area contributed by atoms with Gasteiger partial charge >= 0.3 is 0 Å².